The topological polar surface area (TPSA) is 143 Å². The summed E-state index contributed by atoms with van der Waals surface area (Å²) < 4.78 is 32.0. The van der Waals surface area contributed by atoms with E-state index in [1.807, 2.05) is 0 Å². The molecule has 0 aliphatic carbocycles. The van der Waals surface area contributed by atoms with E-state index in [0.717, 1.165) is 6.07 Å². The average Bonchev–Trinajstić information content (AvgIpc) is 2.15. The Kier molecular flexibility index (Phi) is 5.16. The first-order chi connectivity index (χ1) is 7.23. The molecule has 0 atom stereocenters. The van der Waals surface area contributed by atoms with E-state index >= 15 is 0 Å². The molecule has 9 nitrogen and oxygen atoms in total. The van der Waals surface area contributed by atoms with Gasteiger partial charge in [0.1, 0.15) is 15.0 Å². The van der Waals surface area contributed by atoms with Gasteiger partial charge in [0.15, 0.2) is 0 Å². The zero-order chi connectivity index (χ0) is 12.5. The van der Waals surface area contributed by atoms with Crippen molar-refractivity contribution in [2.24, 2.45) is 0 Å². The zero-order valence-corrected chi connectivity index (χ0v) is 11.2. The molecule has 0 N–H and O–H groups in total. The van der Waals surface area contributed by atoms with E-state index in [1.165, 1.54) is 0 Å². The molecule has 1 aromatic rings. The minimum atomic E-state index is -5.13. The third-order valence-corrected chi connectivity index (χ3v) is 2.49. The predicted molar refractivity (Wildman–Crippen MR) is 47.7 cm³/mol. The number of hydrogen-bond donors (Lipinski definition) is 0. The van der Waals surface area contributed by atoms with Crippen molar-refractivity contribution >= 4 is 21.5 Å². The molecule has 11 heteroatoms. The molecular formula is C6H3N2NaO7S. The first-order valence-corrected chi connectivity index (χ1v) is 5.03. The van der Waals surface area contributed by atoms with Crippen molar-refractivity contribution in [1.29, 1.82) is 0 Å². The van der Waals surface area contributed by atoms with Gasteiger partial charge in [0.25, 0.3) is 11.4 Å². The Hall–Kier alpha value is -1.07. The standard InChI is InChI=1S/C6H4N2O7S.Na/c9-7(10)4-1-2-5(8(11)12)6(3-4)16(13,14)15;/h1-3H,(H,13,14,15);/q;+1/p-1. The van der Waals surface area contributed by atoms with Gasteiger partial charge in [0.05, 0.1) is 9.85 Å². The number of nitrogens with zero attached hydrogens (tertiary/aromatic N) is 2. The van der Waals surface area contributed by atoms with E-state index in [1.54, 1.807) is 0 Å². The molecule has 0 unspecified atom stereocenters. The van der Waals surface area contributed by atoms with Gasteiger partial charge >= 0.3 is 29.6 Å². The molecule has 17 heavy (non-hydrogen) atoms. The molecule has 86 valence electrons. The number of non-ortho nitro benzene ring substituents is 1. The predicted octanol–water partition coefficient (Wildman–Crippen LogP) is -2.59. The summed E-state index contributed by atoms with van der Waals surface area (Å²) >= 11 is 0. The molecule has 0 aromatic heterocycles. The fraction of sp³-hybridized carbons (Fsp3) is 0. The van der Waals surface area contributed by atoms with Crippen LogP contribution in [-0.2, 0) is 10.1 Å². The van der Waals surface area contributed by atoms with E-state index in [4.69, 9.17) is 0 Å². The molecular weight excluding hydrogens is 267 g/mol. The van der Waals surface area contributed by atoms with Gasteiger partial charge in [-0.3, -0.25) is 20.2 Å². The summed E-state index contributed by atoms with van der Waals surface area (Å²) in [6.45, 7) is 0. The van der Waals surface area contributed by atoms with Crippen LogP contribution < -0.4 is 29.6 Å². The van der Waals surface area contributed by atoms with Gasteiger partial charge in [-0.1, -0.05) is 0 Å². The maximum Gasteiger partial charge on any atom is 1.00 e. The molecule has 0 aliphatic heterocycles. The van der Waals surface area contributed by atoms with Crippen LogP contribution in [0, 0.1) is 20.2 Å². The first kappa shape index (κ1) is 15.9. The number of nitro benzene ring substituents is 2. The molecule has 0 saturated carbocycles. The summed E-state index contributed by atoms with van der Waals surface area (Å²) in [5.41, 5.74) is -1.69. The number of nitro groups is 2. The molecule has 0 fully saturated rings. The van der Waals surface area contributed by atoms with Crippen LogP contribution in [0.15, 0.2) is 23.1 Å². The number of rotatable bonds is 3. The van der Waals surface area contributed by atoms with E-state index < -0.39 is 36.2 Å². The molecule has 0 bridgehead atoms. The Balaban J connectivity index is 0.00000256. The minimum absolute atomic E-state index is 0. The maximum absolute atomic E-state index is 10.7. The average molecular weight is 270 g/mol. The van der Waals surface area contributed by atoms with Crippen molar-refractivity contribution in [3.05, 3.63) is 38.4 Å². The van der Waals surface area contributed by atoms with Crippen molar-refractivity contribution in [1.82, 2.24) is 0 Å². The van der Waals surface area contributed by atoms with Crippen molar-refractivity contribution in [2.45, 2.75) is 4.90 Å². The second-order valence-corrected chi connectivity index (χ2v) is 3.97. The van der Waals surface area contributed by atoms with Gasteiger partial charge < -0.3 is 4.55 Å². The summed E-state index contributed by atoms with van der Waals surface area (Å²) in [5.74, 6) is 0. The zero-order valence-electron chi connectivity index (χ0n) is 8.39. The van der Waals surface area contributed by atoms with E-state index in [9.17, 15) is 33.2 Å². The Morgan fingerprint density at radius 1 is 1.06 bits per heavy atom. The minimum Gasteiger partial charge on any atom is -0.744 e. The Labute approximate surface area is 117 Å². The fourth-order valence-electron chi connectivity index (χ4n) is 0.967. The summed E-state index contributed by atoms with van der Waals surface area (Å²) in [6, 6.07) is 1.70. The van der Waals surface area contributed by atoms with Crippen LogP contribution in [0.5, 0.6) is 0 Å². The second kappa shape index (κ2) is 5.51. The van der Waals surface area contributed by atoms with Crippen molar-refractivity contribution in [2.75, 3.05) is 0 Å². The normalized spacial score (nSPS) is 10.4. The van der Waals surface area contributed by atoms with E-state index in [2.05, 4.69) is 0 Å². The van der Waals surface area contributed by atoms with Gasteiger partial charge in [-0.2, -0.15) is 0 Å². The maximum atomic E-state index is 10.7. The van der Waals surface area contributed by atoms with Crippen molar-refractivity contribution < 1.29 is 52.4 Å². The summed E-state index contributed by atoms with van der Waals surface area (Å²) in [4.78, 5) is 17.4. The van der Waals surface area contributed by atoms with Crippen LogP contribution in [0.3, 0.4) is 0 Å². The van der Waals surface area contributed by atoms with Gasteiger partial charge in [-0.05, 0) is 0 Å². The smallest absolute Gasteiger partial charge is 0.744 e. The van der Waals surface area contributed by atoms with Gasteiger partial charge in [0, 0.05) is 18.2 Å². The van der Waals surface area contributed by atoms with Gasteiger partial charge in [0.2, 0.25) is 0 Å². The monoisotopic (exact) mass is 270 g/mol. The van der Waals surface area contributed by atoms with Crippen molar-refractivity contribution in [3.8, 4) is 0 Å². The number of hydrogen-bond acceptors (Lipinski definition) is 7. The molecule has 0 radical (unpaired) electrons. The summed E-state index contributed by atoms with van der Waals surface area (Å²) in [7, 11) is -5.13. The van der Waals surface area contributed by atoms with E-state index in [-0.39, 0.29) is 29.6 Å². The van der Waals surface area contributed by atoms with Gasteiger partial charge in [-0.25, -0.2) is 8.42 Å². The molecule has 0 saturated heterocycles. The van der Waals surface area contributed by atoms with Crippen LogP contribution in [0.25, 0.3) is 0 Å². The molecule has 0 amide bonds. The SMILES string of the molecule is O=[N+]([O-])c1ccc([N+](=O)[O-])c(S(=O)(=O)[O-])c1.[Na+]. The first-order valence-electron chi connectivity index (χ1n) is 3.62. The quantitative estimate of drug-likeness (QED) is 0.253. The molecule has 1 rings (SSSR count). The van der Waals surface area contributed by atoms with Gasteiger partial charge in [-0.15, -0.1) is 0 Å². The molecule has 0 heterocycles. The third-order valence-electron chi connectivity index (χ3n) is 1.62. The van der Waals surface area contributed by atoms with Crippen LogP contribution >= 0.6 is 0 Å². The largest absolute Gasteiger partial charge is 1.00 e. The summed E-state index contributed by atoms with van der Waals surface area (Å²) in [6.07, 6.45) is 0. The molecule has 0 aliphatic rings. The molecule has 1 aromatic carbocycles. The van der Waals surface area contributed by atoms with Crippen LogP contribution in [0.1, 0.15) is 0 Å². The van der Waals surface area contributed by atoms with Crippen LogP contribution in [0.2, 0.25) is 0 Å². The fourth-order valence-corrected chi connectivity index (χ4v) is 1.63. The second-order valence-electron chi connectivity index (χ2n) is 2.62. The van der Waals surface area contributed by atoms with Crippen LogP contribution in [0.4, 0.5) is 11.4 Å². The van der Waals surface area contributed by atoms with Crippen LogP contribution in [-0.4, -0.2) is 22.8 Å². The van der Waals surface area contributed by atoms with E-state index in [0.29, 0.717) is 12.1 Å². The number of benzene rings is 1. The Morgan fingerprint density at radius 2 is 1.59 bits per heavy atom. The Bertz CT molecular complexity index is 570. The van der Waals surface area contributed by atoms with Crippen molar-refractivity contribution in [3.63, 3.8) is 0 Å². The molecule has 0 spiro atoms. The third kappa shape index (κ3) is 3.71. The Morgan fingerprint density at radius 3 is 1.94 bits per heavy atom. The summed E-state index contributed by atoms with van der Waals surface area (Å²) in [5, 5.41) is 20.7.